The van der Waals surface area contributed by atoms with E-state index < -0.39 is 36.2 Å². The smallest absolute Gasteiger partial charge is 0.411 e. The molecule has 5 atom stereocenters. The van der Waals surface area contributed by atoms with Crippen molar-refractivity contribution in [3.63, 3.8) is 0 Å². The van der Waals surface area contributed by atoms with Crippen molar-refractivity contribution in [2.24, 2.45) is 5.92 Å². The molecule has 2 amide bonds. The zero-order valence-corrected chi connectivity index (χ0v) is 24.2. The van der Waals surface area contributed by atoms with Gasteiger partial charge in [0.05, 0.1) is 38.4 Å². The van der Waals surface area contributed by atoms with Gasteiger partial charge in [-0.25, -0.2) is 4.79 Å². The van der Waals surface area contributed by atoms with Crippen molar-refractivity contribution in [2.75, 3.05) is 13.7 Å². The Kier molecular flexibility index (Phi) is 7.81. The van der Waals surface area contributed by atoms with E-state index in [9.17, 15) is 14.4 Å². The number of piperazine rings is 1. The molecule has 212 valence electrons. The van der Waals surface area contributed by atoms with Crippen LogP contribution in [0.4, 0.5) is 4.79 Å². The van der Waals surface area contributed by atoms with E-state index in [0.717, 1.165) is 33.0 Å². The molecule has 9 heteroatoms. The molecule has 0 aliphatic carbocycles. The summed E-state index contributed by atoms with van der Waals surface area (Å²) in [6, 6.07) is 20.9. The van der Waals surface area contributed by atoms with Gasteiger partial charge in [-0.2, -0.15) is 0 Å². The maximum atomic E-state index is 14.3. The Balaban J connectivity index is 1.34. The highest BCUT2D eigenvalue weighted by atomic mass is 79.9. The lowest BCUT2D eigenvalue weighted by molar-refractivity contribution is -0.153. The molecule has 3 aliphatic heterocycles. The van der Waals surface area contributed by atoms with Crippen molar-refractivity contribution in [3.8, 4) is 5.75 Å². The van der Waals surface area contributed by atoms with Gasteiger partial charge in [-0.15, -0.1) is 0 Å². The molecule has 0 saturated carbocycles. The molecule has 2 bridgehead atoms. The molecular formula is C32H31BrN2O6. The molecule has 0 aromatic heterocycles. The van der Waals surface area contributed by atoms with E-state index in [1.165, 1.54) is 4.90 Å². The van der Waals surface area contributed by atoms with Gasteiger partial charge in [-0.3, -0.25) is 9.69 Å². The molecule has 0 unspecified atom stereocenters. The van der Waals surface area contributed by atoms with Crippen LogP contribution in [0.15, 0.2) is 77.3 Å². The minimum Gasteiger partial charge on any atom is -0.496 e. The van der Waals surface area contributed by atoms with Gasteiger partial charge >= 0.3 is 6.09 Å². The minimum atomic E-state index is -0.786. The van der Waals surface area contributed by atoms with E-state index in [0.29, 0.717) is 18.8 Å². The van der Waals surface area contributed by atoms with Crippen LogP contribution in [0.5, 0.6) is 5.75 Å². The van der Waals surface area contributed by atoms with Crippen LogP contribution in [0.25, 0.3) is 0 Å². The van der Waals surface area contributed by atoms with Crippen molar-refractivity contribution >= 4 is 34.2 Å². The lowest BCUT2D eigenvalue weighted by Crippen LogP contribution is -2.67. The van der Waals surface area contributed by atoms with E-state index in [4.69, 9.17) is 14.2 Å². The molecule has 3 heterocycles. The van der Waals surface area contributed by atoms with Crippen LogP contribution < -0.4 is 4.74 Å². The second-order valence-electron chi connectivity index (χ2n) is 10.7. The summed E-state index contributed by atoms with van der Waals surface area (Å²) in [6.07, 6.45) is 1.04. The Bertz CT molecular complexity index is 1430. The molecule has 0 spiro atoms. The van der Waals surface area contributed by atoms with Gasteiger partial charge in [0.25, 0.3) is 0 Å². The molecule has 2 fully saturated rings. The number of amides is 2. The molecule has 6 rings (SSSR count). The number of fused-ring (bicyclic) bond motifs is 5. The SMILES string of the molecule is COc1ccc(Br)c2c1[C@H](COCc1ccccc1)N1C(=O)[C@@H]3C[C@@H](C=O)[C@H]([C@@H]1C2)N3C(=O)OCc1ccccc1. The number of benzene rings is 3. The fourth-order valence-corrected chi connectivity index (χ4v) is 7.15. The molecular weight excluding hydrogens is 588 g/mol. The van der Waals surface area contributed by atoms with Crippen molar-refractivity contribution in [2.45, 2.75) is 50.2 Å². The molecule has 8 nitrogen and oxygen atoms in total. The lowest BCUT2D eigenvalue weighted by atomic mass is 9.81. The Morgan fingerprint density at radius 3 is 2.34 bits per heavy atom. The van der Waals surface area contributed by atoms with Gasteiger partial charge in [0.2, 0.25) is 5.91 Å². The Morgan fingerprint density at radius 1 is 1.00 bits per heavy atom. The monoisotopic (exact) mass is 618 g/mol. The second-order valence-corrected chi connectivity index (χ2v) is 11.5. The average Bonchev–Trinajstić information content (AvgIpc) is 3.35. The molecule has 0 radical (unpaired) electrons. The summed E-state index contributed by atoms with van der Waals surface area (Å²) in [5, 5.41) is 0. The summed E-state index contributed by atoms with van der Waals surface area (Å²) in [6.45, 7) is 0.712. The Labute approximate surface area is 247 Å². The van der Waals surface area contributed by atoms with E-state index in [2.05, 4.69) is 15.9 Å². The summed E-state index contributed by atoms with van der Waals surface area (Å²) in [5.74, 6) is -0.0138. The number of hydrogen-bond acceptors (Lipinski definition) is 6. The van der Waals surface area contributed by atoms with Crippen LogP contribution in [0.3, 0.4) is 0 Å². The van der Waals surface area contributed by atoms with Gasteiger partial charge in [0, 0.05) is 16.0 Å². The summed E-state index contributed by atoms with van der Waals surface area (Å²) in [5.41, 5.74) is 3.75. The number of aldehydes is 1. The third kappa shape index (κ3) is 5.02. The van der Waals surface area contributed by atoms with E-state index in [-0.39, 0.29) is 25.5 Å². The molecule has 0 N–H and O–H groups in total. The maximum Gasteiger partial charge on any atom is 0.411 e. The highest BCUT2D eigenvalue weighted by Gasteiger charge is 2.61. The summed E-state index contributed by atoms with van der Waals surface area (Å²) >= 11 is 3.71. The molecule has 3 aromatic carbocycles. The number of carbonyl (C=O) groups excluding carboxylic acids is 3. The molecule has 41 heavy (non-hydrogen) atoms. The zero-order chi connectivity index (χ0) is 28.5. The number of halogens is 1. The summed E-state index contributed by atoms with van der Waals surface area (Å²) < 4.78 is 18.6. The number of rotatable bonds is 8. The number of nitrogens with zero attached hydrogens (tertiary/aromatic N) is 2. The topological polar surface area (TPSA) is 85.4 Å². The fourth-order valence-electron chi connectivity index (χ4n) is 6.64. The van der Waals surface area contributed by atoms with Crippen molar-refractivity contribution in [1.29, 1.82) is 0 Å². The first-order chi connectivity index (χ1) is 20.0. The van der Waals surface area contributed by atoms with Crippen molar-refractivity contribution in [3.05, 3.63) is 99.5 Å². The van der Waals surface area contributed by atoms with E-state index >= 15 is 0 Å². The van der Waals surface area contributed by atoms with Gasteiger partial charge in [0.1, 0.15) is 24.7 Å². The van der Waals surface area contributed by atoms with Crippen LogP contribution in [-0.2, 0) is 38.7 Å². The maximum absolute atomic E-state index is 14.3. The molecule has 2 saturated heterocycles. The second kappa shape index (κ2) is 11.7. The first-order valence-electron chi connectivity index (χ1n) is 13.7. The molecule has 3 aliphatic rings. The van der Waals surface area contributed by atoms with Gasteiger partial charge < -0.3 is 23.9 Å². The largest absolute Gasteiger partial charge is 0.496 e. The minimum absolute atomic E-state index is 0.0888. The lowest BCUT2D eigenvalue weighted by Gasteiger charge is -2.52. The van der Waals surface area contributed by atoms with E-state index in [1.54, 1.807) is 7.11 Å². The predicted octanol–water partition coefficient (Wildman–Crippen LogP) is 5.08. The Hall–Kier alpha value is -3.69. The predicted molar refractivity (Wildman–Crippen MR) is 154 cm³/mol. The first kappa shape index (κ1) is 27.5. The summed E-state index contributed by atoms with van der Waals surface area (Å²) in [4.78, 5) is 43.5. The standard InChI is InChI=1S/C32H31BrN2O6/c1-39-28-13-12-24(33)23-15-25-30-22(16-36)14-26(35(30)32(38)41-18-21-10-6-3-7-11-21)31(37)34(25)27(29(23)28)19-40-17-20-8-4-2-5-9-20/h2-13,16,22,25-27,30H,14-15,17-19H2,1H3/t22-,25-,26-,27-,30+/m0/s1. The highest BCUT2D eigenvalue weighted by molar-refractivity contribution is 9.10. The van der Waals surface area contributed by atoms with Gasteiger partial charge in [0.15, 0.2) is 0 Å². The normalized spacial score (nSPS) is 24.4. The third-order valence-corrected chi connectivity index (χ3v) is 9.17. The average molecular weight is 620 g/mol. The summed E-state index contributed by atoms with van der Waals surface area (Å²) in [7, 11) is 1.62. The van der Waals surface area contributed by atoms with E-state index in [1.807, 2.05) is 77.7 Å². The Morgan fingerprint density at radius 2 is 1.68 bits per heavy atom. The van der Waals surface area contributed by atoms with Gasteiger partial charge in [-0.05, 0) is 41.7 Å². The van der Waals surface area contributed by atoms with Crippen LogP contribution in [0.2, 0.25) is 0 Å². The zero-order valence-electron chi connectivity index (χ0n) is 22.6. The van der Waals surface area contributed by atoms with Crippen LogP contribution in [-0.4, -0.2) is 59.9 Å². The first-order valence-corrected chi connectivity index (χ1v) is 14.5. The number of ether oxygens (including phenoxy) is 3. The number of methoxy groups -OCH3 is 1. The number of carbonyl (C=O) groups is 3. The highest BCUT2D eigenvalue weighted by Crippen LogP contribution is 2.49. The van der Waals surface area contributed by atoms with Crippen molar-refractivity contribution < 1.29 is 28.6 Å². The molecule has 3 aromatic rings. The number of hydrogen-bond donors (Lipinski definition) is 0. The van der Waals surface area contributed by atoms with Crippen molar-refractivity contribution in [1.82, 2.24) is 9.80 Å². The van der Waals surface area contributed by atoms with Crippen LogP contribution >= 0.6 is 15.9 Å². The van der Waals surface area contributed by atoms with Crippen LogP contribution in [0, 0.1) is 5.92 Å². The van der Waals surface area contributed by atoms with Crippen LogP contribution in [0.1, 0.15) is 34.7 Å². The van der Waals surface area contributed by atoms with Gasteiger partial charge in [-0.1, -0.05) is 76.6 Å². The fraction of sp³-hybridized carbons (Fsp3) is 0.344. The third-order valence-electron chi connectivity index (χ3n) is 8.42. The quantitative estimate of drug-likeness (QED) is 0.327.